The Labute approximate surface area is 247 Å². The number of aliphatic hydroxyl groups excluding tert-OH is 1. The zero-order valence-electron chi connectivity index (χ0n) is 26.6. The number of aliphatic hydroxyl groups is 1. The number of amides is 2. The first kappa shape index (κ1) is 43.8. The molecule has 0 aromatic rings. The lowest BCUT2D eigenvalue weighted by molar-refractivity contribution is -0.146. The van der Waals surface area contributed by atoms with E-state index in [1.807, 2.05) is 0 Å². The van der Waals surface area contributed by atoms with E-state index < -0.39 is 55.3 Å². The molecule has 0 aromatic carbocycles. The van der Waals surface area contributed by atoms with E-state index in [1.165, 1.54) is 34.6 Å². The van der Waals surface area contributed by atoms with Crippen molar-refractivity contribution in [2.45, 2.75) is 93.3 Å². The fourth-order valence-electron chi connectivity index (χ4n) is 2.13. The van der Waals surface area contributed by atoms with Gasteiger partial charge in [-0.25, -0.2) is 23.2 Å². The van der Waals surface area contributed by atoms with Gasteiger partial charge in [0.2, 0.25) is 0 Å². The molecule has 0 saturated heterocycles. The standard InChI is InChI=1S/C10H18FNO3.C8H16FO5P.C8H15NO3/c1-7(8(11)6-13)5-12-9(14)15-10(2,3)4;1-4-12-8(10)7(9)15(11,13-5-2)14-6-3;1-6(10)5-9-7(11)12-8(2,3)4/h13H,5-6H2,1-4H3,(H,12,14);7H,4-6H2,1-3H3;5H2,1-4H3,(H,9,11)/b8-7+;;. The van der Waals surface area contributed by atoms with E-state index in [-0.39, 0.29) is 44.3 Å². The first-order chi connectivity index (χ1) is 19.1. The normalized spacial score (nSPS) is 12.6. The van der Waals surface area contributed by atoms with Crippen molar-refractivity contribution in [1.29, 1.82) is 0 Å². The molecule has 3 N–H and O–H groups in total. The summed E-state index contributed by atoms with van der Waals surface area (Å²) >= 11 is 0. The molecule has 0 bridgehead atoms. The van der Waals surface area contributed by atoms with Crippen molar-refractivity contribution in [3.8, 4) is 0 Å². The van der Waals surface area contributed by atoms with Gasteiger partial charge in [0.05, 0.1) is 33.0 Å². The van der Waals surface area contributed by atoms with Gasteiger partial charge in [-0.3, -0.25) is 9.36 Å². The molecule has 2 amide bonds. The summed E-state index contributed by atoms with van der Waals surface area (Å²) in [5.41, 5.74) is -0.804. The Hall–Kier alpha value is -2.61. The van der Waals surface area contributed by atoms with E-state index in [1.54, 1.807) is 41.5 Å². The van der Waals surface area contributed by atoms with Gasteiger partial charge in [-0.2, -0.15) is 0 Å². The largest absolute Gasteiger partial charge is 0.463 e. The number of hydrogen-bond donors (Lipinski definition) is 3. The van der Waals surface area contributed by atoms with Crippen LogP contribution in [-0.4, -0.2) is 85.7 Å². The number of alkyl carbamates (subject to hydrolysis) is 2. The van der Waals surface area contributed by atoms with Gasteiger partial charge in [-0.15, -0.1) is 0 Å². The van der Waals surface area contributed by atoms with Gasteiger partial charge in [-0.1, -0.05) is 0 Å². The first-order valence-electron chi connectivity index (χ1n) is 13.2. The number of nitrogens with one attached hydrogen (secondary N) is 2. The molecule has 0 aliphatic rings. The van der Waals surface area contributed by atoms with Crippen LogP contribution in [0.4, 0.5) is 18.4 Å². The highest BCUT2D eigenvalue weighted by molar-refractivity contribution is 7.55. The molecule has 42 heavy (non-hydrogen) atoms. The Morgan fingerprint density at radius 1 is 0.810 bits per heavy atom. The van der Waals surface area contributed by atoms with Crippen molar-refractivity contribution in [2.24, 2.45) is 0 Å². The monoisotopic (exact) mass is 634 g/mol. The minimum Gasteiger partial charge on any atom is -0.463 e. The molecule has 0 rings (SSSR count). The minimum atomic E-state index is -4.04. The van der Waals surface area contributed by atoms with Crippen LogP contribution in [0.15, 0.2) is 11.4 Å². The summed E-state index contributed by atoms with van der Waals surface area (Å²) in [6.45, 7) is 17.4. The Balaban J connectivity index is -0.000000547. The van der Waals surface area contributed by atoms with Gasteiger partial charge in [0.25, 0.3) is 5.91 Å². The molecule has 0 aliphatic heterocycles. The maximum absolute atomic E-state index is 13.4. The second-order valence-electron chi connectivity index (χ2n) is 10.2. The number of esters is 1. The predicted molar refractivity (Wildman–Crippen MR) is 152 cm³/mol. The molecule has 0 aliphatic carbocycles. The molecule has 0 radical (unpaired) electrons. The fraction of sp³-hybridized carbons (Fsp3) is 0.769. The van der Waals surface area contributed by atoms with Crippen LogP contribution >= 0.6 is 7.60 Å². The summed E-state index contributed by atoms with van der Waals surface area (Å²) in [6, 6.07) is 0. The van der Waals surface area contributed by atoms with E-state index >= 15 is 0 Å². The Kier molecular flexibility index (Phi) is 23.0. The van der Waals surface area contributed by atoms with Crippen LogP contribution in [0, 0.1) is 0 Å². The smallest absolute Gasteiger partial charge is 0.408 e. The number of carbonyl (C=O) groups excluding carboxylic acids is 4. The lowest BCUT2D eigenvalue weighted by Crippen LogP contribution is -2.34. The number of alkyl halides is 1. The molecular formula is C26H49F2N2O11P. The van der Waals surface area contributed by atoms with Crippen molar-refractivity contribution < 1.29 is 60.9 Å². The van der Waals surface area contributed by atoms with Gasteiger partial charge in [-0.05, 0) is 81.7 Å². The number of ketones is 1. The zero-order chi connectivity index (χ0) is 33.7. The lowest BCUT2D eigenvalue weighted by Gasteiger charge is -2.19. The molecule has 0 heterocycles. The van der Waals surface area contributed by atoms with Gasteiger partial charge >= 0.3 is 25.8 Å². The lowest BCUT2D eigenvalue weighted by atomic mass is 10.2. The third-order valence-corrected chi connectivity index (χ3v) is 5.76. The van der Waals surface area contributed by atoms with Crippen molar-refractivity contribution in [2.75, 3.05) is 39.5 Å². The van der Waals surface area contributed by atoms with E-state index in [9.17, 15) is 32.5 Å². The van der Waals surface area contributed by atoms with Gasteiger partial charge in [0.1, 0.15) is 22.8 Å². The van der Waals surface area contributed by atoms with Crippen LogP contribution < -0.4 is 10.6 Å². The highest BCUT2D eigenvalue weighted by Crippen LogP contribution is 2.54. The van der Waals surface area contributed by atoms with Crippen LogP contribution in [-0.2, 0) is 37.4 Å². The maximum atomic E-state index is 13.4. The SMILES string of the molecule is C/C(CNC(=O)OC(C)(C)C)=C(\F)CO.CC(=O)CNC(=O)OC(C)(C)C.CCOC(=O)C(F)P(=O)(OCC)OCC. The number of halogens is 2. The average Bonchev–Trinajstić information content (AvgIpc) is 2.84. The van der Waals surface area contributed by atoms with Crippen LogP contribution in [0.5, 0.6) is 0 Å². The Morgan fingerprint density at radius 2 is 1.21 bits per heavy atom. The van der Waals surface area contributed by atoms with Crippen LogP contribution in [0.3, 0.4) is 0 Å². The third-order valence-electron chi connectivity index (χ3n) is 3.76. The second kappa shape index (κ2) is 22.0. The molecule has 0 fully saturated rings. The molecule has 1 atom stereocenters. The van der Waals surface area contributed by atoms with Crippen LogP contribution in [0.2, 0.25) is 0 Å². The van der Waals surface area contributed by atoms with E-state index in [2.05, 4.69) is 24.4 Å². The third kappa shape index (κ3) is 25.1. The summed E-state index contributed by atoms with van der Waals surface area (Å²) in [4.78, 5) is 43.5. The molecule has 13 nitrogen and oxygen atoms in total. The number of rotatable bonds is 12. The predicted octanol–water partition coefficient (Wildman–Crippen LogP) is 4.96. The minimum absolute atomic E-state index is 0.00287. The number of ether oxygens (including phenoxy) is 3. The summed E-state index contributed by atoms with van der Waals surface area (Å²) in [7, 11) is -4.04. The van der Waals surface area contributed by atoms with Crippen LogP contribution in [0.25, 0.3) is 0 Å². The summed E-state index contributed by atoms with van der Waals surface area (Å²) in [5, 5.41) is 13.2. The van der Waals surface area contributed by atoms with E-state index in [0.29, 0.717) is 0 Å². The summed E-state index contributed by atoms with van der Waals surface area (Å²) in [6.07, 6.45) is -1.16. The van der Waals surface area contributed by atoms with Gasteiger partial charge in [0.15, 0.2) is 0 Å². The summed E-state index contributed by atoms with van der Waals surface area (Å²) < 4.78 is 61.4. The molecule has 0 spiro atoms. The van der Waals surface area contributed by atoms with Crippen LogP contribution in [0.1, 0.15) is 76.2 Å². The molecule has 0 aromatic heterocycles. The van der Waals surface area contributed by atoms with Crippen molar-refractivity contribution in [3.63, 3.8) is 0 Å². The highest BCUT2D eigenvalue weighted by Gasteiger charge is 2.42. The maximum Gasteiger partial charge on any atom is 0.408 e. The average molecular weight is 635 g/mol. The highest BCUT2D eigenvalue weighted by atomic mass is 31.2. The molecular weight excluding hydrogens is 585 g/mol. The van der Waals surface area contributed by atoms with Crippen molar-refractivity contribution in [1.82, 2.24) is 10.6 Å². The van der Waals surface area contributed by atoms with Gasteiger partial charge < -0.3 is 39.0 Å². The topological polar surface area (TPSA) is 176 Å². The quantitative estimate of drug-likeness (QED) is 0.150. The fourth-order valence-corrected chi connectivity index (χ4v) is 3.52. The summed E-state index contributed by atoms with van der Waals surface area (Å²) in [5.74, 6) is -4.33. The molecule has 248 valence electrons. The van der Waals surface area contributed by atoms with E-state index in [4.69, 9.17) is 14.6 Å². The van der Waals surface area contributed by atoms with Crippen molar-refractivity contribution in [3.05, 3.63) is 11.4 Å². The second-order valence-corrected chi connectivity index (χ2v) is 12.3. The van der Waals surface area contributed by atoms with E-state index in [0.717, 1.165) is 0 Å². The van der Waals surface area contributed by atoms with Gasteiger partial charge in [0, 0.05) is 6.54 Å². The first-order valence-corrected chi connectivity index (χ1v) is 14.8. The number of carbonyl (C=O) groups is 4. The number of Topliss-reactive ketones (excluding diaryl/α,β-unsaturated/α-hetero) is 1. The Morgan fingerprint density at radius 3 is 1.52 bits per heavy atom. The number of hydrogen-bond acceptors (Lipinski definition) is 11. The molecule has 1 unspecified atom stereocenters. The molecule has 0 saturated carbocycles. The zero-order valence-corrected chi connectivity index (χ0v) is 27.4. The van der Waals surface area contributed by atoms with Crippen molar-refractivity contribution >= 4 is 31.5 Å². The molecule has 16 heteroatoms. The Bertz CT molecular complexity index is 907.